The van der Waals surface area contributed by atoms with Crippen LogP contribution in [0.2, 0.25) is 0 Å². The second kappa shape index (κ2) is 11.6. The van der Waals surface area contributed by atoms with Crippen molar-refractivity contribution >= 4 is 24.1 Å². The summed E-state index contributed by atoms with van der Waals surface area (Å²) >= 11 is 0. The number of piperidine rings is 2. The van der Waals surface area contributed by atoms with Crippen LogP contribution in [0.4, 0.5) is 9.59 Å². The zero-order chi connectivity index (χ0) is 26.5. The van der Waals surface area contributed by atoms with E-state index in [-0.39, 0.29) is 25.1 Å². The van der Waals surface area contributed by atoms with Crippen molar-refractivity contribution in [1.82, 2.24) is 14.7 Å². The maximum atomic E-state index is 13.4. The van der Waals surface area contributed by atoms with Gasteiger partial charge < -0.3 is 24.4 Å². The lowest BCUT2D eigenvalue weighted by atomic mass is 9.87. The van der Waals surface area contributed by atoms with Crippen LogP contribution in [-0.2, 0) is 25.7 Å². The highest BCUT2D eigenvalue weighted by Crippen LogP contribution is 2.29. The van der Waals surface area contributed by atoms with Crippen molar-refractivity contribution in [3.05, 3.63) is 35.9 Å². The first-order chi connectivity index (χ1) is 17.0. The van der Waals surface area contributed by atoms with Gasteiger partial charge in [-0.1, -0.05) is 30.3 Å². The van der Waals surface area contributed by atoms with Crippen molar-refractivity contribution in [2.45, 2.75) is 70.7 Å². The molecule has 2 fully saturated rings. The van der Waals surface area contributed by atoms with E-state index in [9.17, 15) is 24.3 Å². The normalized spacial score (nSPS) is 21.0. The van der Waals surface area contributed by atoms with Crippen molar-refractivity contribution in [2.75, 3.05) is 26.7 Å². The zero-order valence-corrected chi connectivity index (χ0v) is 21.5. The van der Waals surface area contributed by atoms with Crippen LogP contribution in [0.3, 0.4) is 0 Å². The monoisotopic (exact) mass is 503 g/mol. The summed E-state index contributed by atoms with van der Waals surface area (Å²) in [5.74, 6) is -2.38. The maximum absolute atomic E-state index is 13.4. The Kier molecular flexibility index (Phi) is 8.81. The van der Waals surface area contributed by atoms with Gasteiger partial charge in [-0.2, -0.15) is 0 Å². The van der Waals surface area contributed by atoms with E-state index >= 15 is 0 Å². The molecule has 1 unspecified atom stereocenters. The summed E-state index contributed by atoms with van der Waals surface area (Å²) < 4.78 is 10.8. The van der Waals surface area contributed by atoms with Crippen molar-refractivity contribution in [1.29, 1.82) is 0 Å². The number of benzene rings is 1. The summed E-state index contributed by atoms with van der Waals surface area (Å²) in [5, 5.41) is 9.92. The molecule has 0 aromatic heterocycles. The standard InChI is InChI=1S/C26H37N3O7/c1-26(2,3)36-25(34)29-14-8-11-20(21(29)23(31)32)22(30)27(4)19-12-15-28(16-13-19)24(33)35-17-18-9-6-5-7-10-18/h5-7,9-10,19-21H,8,11-17H2,1-4H3,(H,31,32)/t20?,21-/m0/s1. The second-order valence-electron chi connectivity index (χ2n) is 10.4. The van der Waals surface area contributed by atoms with E-state index in [1.807, 2.05) is 30.3 Å². The van der Waals surface area contributed by atoms with E-state index in [4.69, 9.17) is 9.47 Å². The minimum absolute atomic E-state index is 0.137. The lowest BCUT2D eigenvalue weighted by Crippen LogP contribution is -2.58. The summed E-state index contributed by atoms with van der Waals surface area (Å²) in [6, 6.07) is 8.03. The molecule has 0 saturated carbocycles. The molecule has 0 aliphatic carbocycles. The quantitative estimate of drug-likeness (QED) is 0.655. The Morgan fingerprint density at radius 2 is 1.64 bits per heavy atom. The van der Waals surface area contributed by atoms with Crippen LogP contribution in [0.15, 0.2) is 30.3 Å². The molecule has 2 saturated heterocycles. The van der Waals surface area contributed by atoms with Gasteiger partial charge in [0.1, 0.15) is 18.2 Å². The topological polar surface area (TPSA) is 117 Å². The third-order valence-corrected chi connectivity index (χ3v) is 6.65. The average Bonchev–Trinajstić information content (AvgIpc) is 2.85. The number of rotatable bonds is 5. The lowest BCUT2D eigenvalue weighted by molar-refractivity contribution is -0.155. The maximum Gasteiger partial charge on any atom is 0.411 e. The van der Waals surface area contributed by atoms with Crippen LogP contribution in [0.1, 0.15) is 52.0 Å². The molecule has 1 aromatic carbocycles. The van der Waals surface area contributed by atoms with E-state index in [1.54, 1.807) is 37.6 Å². The van der Waals surface area contributed by atoms with E-state index < -0.39 is 35.7 Å². The highest BCUT2D eigenvalue weighted by atomic mass is 16.6. The molecule has 2 aliphatic rings. The molecule has 1 N–H and O–H groups in total. The van der Waals surface area contributed by atoms with Gasteiger partial charge in [0.15, 0.2) is 0 Å². The van der Waals surface area contributed by atoms with Crippen molar-refractivity contribution < 1.29 is 33.8 Å². The number of ether oxygens (including phenoxy) is 2. The first-order valence-electron chi connectivity index (χ1n) is 12.4. The molecule has 3 rings (SSSR count). The Hall–Kier alpha value is -3.30. The predicted octanol–water partition coefficient (Wildman–Crippen LogP) is 3.35. The Labute approximate surface area is 212 Å². The number of hydrogen-bond acceptors (Lipinski definition) is 6. The fourth-order valence-electron chi connectivity index (χ4n) is 4.77. The van der Waals surface area contributed by atoms with Crippen LogP contribution in [-0.4, -0.2) is 88.2 Å². The summed E-state index contributed by atoms with van der Waals surface area (Å²) in [7, 11) is 1.67. The van der Waals surface area contributed by atoms with Crippen LogP contribution < -0.4 is 0 Å². The number of likely N-dealkylation sites (tertiary alicyclic amines) is 2. The largest absolute Gasteiger partial charge is 0.480 e. The number of amides is 3. The van der Waals surface area contributed by atoms with Gasteiger partial charge in [-0.05, 0) is 52.0 Å². The zero-order valence-electron chi connectivity index (χ0n) is 21.5. The number of nitrogens with zero attached hydrogens (tertiary/aromatic N) is 3. The Morgan fingerprint density at radius 3 is 2.22 bits per heavy atom. The van der Waals surface area contributed by atoms with E-state index in [0.29, 0.717) is 38.8 Å². The van der Waals surface area contributed by atoms with Crippen LogP contribution in [0, 0.1) is 5.92 Å². The van der Waals surface area contributed by atoms with Crippen LogP contribution >= 0.6 is 0 Å². The predicted molar refractivity (Wildman–Crippen MR) is 131 cm³/mol. The molecule has 36 heavy (non-hydrogen) atoms. The molecule has 2 heterocycles. The summed E-state index contributed by atoms with van der Waals surface area (Å²) in [5.41, 5.74) is 0.136. The van der Waals surface area contributed by atoms with Gasteiger partial charge >= 0.3 is 18.2 Å². The summed E-state index contributed by atoms with van der Waals surface area (Å²) in [4.78, 5) is 55.1. The first kappa shape index (κ1) is 27.3. The molecule has 1 aromatic rings. The molecule has 10 nitrogen and oxygen atoms in total. The van der Waals surface area contributed by atoms with Crippen LogP contribution in [0.25, 0.3) is 0 Å². The third-order valence-electron chi connectivity index (χ3n) is 6.65. The highest BCUT2D eigenvalue weighted by molar-refractivity contribution is 5.89. The average molecular weight is 504 g/mol. The number of carbonyl (C=O) groups is 4. The van der Waals surface area contributed by atoms with E-state index in [1.165, 1.54) is 4.90 Å². The van der Waals surface area contributed by atoms with Gasteiger partial charge in [0.2, 0.25) is 5.91 Å². The van der Waals surface area contributed by atoms with E-state index in [0.717, 1.165) is 5.56 Å². The highest BCUT2D eigenvalue weighted by Gasteiger charge is 2.46. The SMILES string of the molecule is CN(C(=O)C1CCCN(C(=O)OC(C)(C)C)[C@@H]1C(=O)O)C1CCN(C(=O)OCc2ccccc2)CC1. The molecule has 198 valence electrons. The lowest BCUT2D eigenvalue weighted by Gasteiger charge is -2.42. The number of carbonyl (C=O) groups excluding carboxylic acids is 3. The third kappa shape index (κ3) is 6.89. The van der Waals surface area contributed by atoms with Gasteiger partial charge in [0.25, 0.3) is 0 Å². The summed E-state index contributed by atoms with van der Waals surface area (Å²) in [6.07, 6.45) is 0.893. The molecule has 2 atom stereocenters. The fourth-order valence-corrected chi connectivity index (χ4v) is 4.77. The molecule has 2 aliphatic heterocycles. The number of carboxylic acid groups (broad SMARTS) is 1. The Morgan fingerprint density at radius 1 is 1.00 bits per heavy atom. The number of hydrogen-bond donors (Lipinski definition) is 1. The van der Waals surface area contributed by atoms with Crippen molar-refractivity contribution in [3.8, 4) is 0 Å². The smallest absolute Gasteiger partial charge is 0.411 e. The minimum atomic E-state index is -1.28. The molecule has 10 heteroatoms. The second-order valence-corrected chi connectivity index (χ2v) is 10.4. The van der Waals surface area contributed by atoms with Gasteiger partial charge in [0.05, 0.1) is 5.92 Å². The molecule has 0 bridgehead atoms. The molecule has 0 radical (unpaired) electrons. The van der Waals surface area contributed by atoms with E-state index in [2.05, 4.69) is 0 Å². The first-order valence-corrected chi connectivity index (χ1v) is 12.4. The Balaban J connectivity index is 1.57. The Bertz CT molecular complexity index is 939. The molecular weight excluding hydrogens is 466 g/mol. The fraction of sp³-hybridized carbons (Fsp3) is 0.615. The van der Waals surface area contributed by atoms with Gasteiger partial charge in [-0.25, -0.2) is 14.4 Å². The molecular formula is C26H37N3O7. The molecule has 3 amide bonds. The number of aliphatic carboxylic acids is 1. The summed E-state index contributed by atoms with van der Waals surface area (Å²) in [6.45, 7) is 6.44. The van der Waals surface area contributed by atoms with Gasteiger partial charge in [-0.3, -0.25) is 9.69 Å². The van der Waals surface area contributed by atoms with Gasteiger partial charge in [-0.15, -0.1) is 0 Å². The van der Waals surface area contributed by atoms with Crippen molar-refractivity contribution in [2.24, 2.45) is 5.92 Å². The van der Waals surface area contributed by atoms with Gasteiger partial charge in [0, 0.05) is 32.7 Å². The number of carboxylic acids is 1. The minimum Gasteiger partial charge on any atom is -0.480 e. The van der Waals surface area contributed by atoms with Crippen LogP contribution in [0.5, 0.6) is 0 Å². The molecule has 0 spiro atoms. The van der Waals surface area contributed by atoms with Crippen molar-refractivity contribution in [3.63, 3.8) is 0 Å².